The van der Waals surface area contributed by atoms with E-state index in [0.717, 1.165) is 16.7 Å². The summed E-state index contributed by atoms with van der Waals surface area (Å²) in [6, 6.07) is 17.3. The molecule has 3 aromatic carbocycles. The zero-order chi connectivity index (χ0) is 26.7. The Hall–Kier alpha value is -4.30. The molecule has 8 nitrogen and oxygen atoms in total. The van der Waals surface area contributed by atoms with Crippen LogP contribution in [0.15, 0.2) is 60.7 Å². The smallest absolute Gasteiger partial charge is 0.328 e. The fraction of sp³-hybridized carbons (Fsp3) is 0.179. The number of amides is 3. The van der Waals surface area contributed by atoms with Gasteiger partial charge in [0.2, 0.25) is 0 Å². The quantitative estimate of drug-likeness (QED) is 0.290. The van der Waals surface area contributed by atoms with Crippen molar-refractivity contribution in [2.75, 3.05) is 22.7 Å². The van der Waals surface area contributed by atoms with E-state index in [1.54, 1.807) is 48.5 Å². The highest BCUT2D eigenvalue weighted by Crippen LogP contribution is 2.25. The molecule has 190 valence electrons. The Morgan fingerprint density at radius 1 is 0.865 bits per heavy atom. The Balaban J connectivity index is 1.60. The van der Waals surface area contributed by atoms with E-state index in [1.165, 1.54) is 4.68 Å². The molecule has 0 atom stereocenters. The lowest BCUT2D eigenvalue weighted by molar-refractivity contribution is -0.133. The van der Waals surface area contributed by atoms with Crippen molar-refractivity contribution in [2.45, 2.75) is 27.7 Å². The number of carbonyl (C=O) groups excluding carboxylic acids is 3. The van der Waals surface area contributed by atoms with E-state index < -0.39 is 17.7 Å². The lowest BCUT2D eigenvalue weighted by atomic mass is 10.1. The van der Waals surface area contributed by atoms with Crippen molar-refractivity contribution >= 4 is 51.6 Å². The van der Waals surface area contributed by atoms with E-state index in [9.17, 15) is 14.4 Å². The van der Waals surface area contributed by atoms with Gasteiger partial charge in [0.15, 0.2) is 0 Å². The van der Waals surface area contributed by atoms with Gasteiger partial charge in [0.1, 0.15) is 11.4 Å². The largest absolute Gasteiger partial charge is 0.494 e. The normalized spacial score (nSPS) is 10.7. The van der Waals surface area contributed by atoms with Crippen molar-refractivity contribution in [2.24, 2.45) is 0 Å². The monoisotopic (exact) mass is 518 g/mol. The molecule has 4 aromatic rings. The van der Waals surface area contributed by atoms with Crippen LogP contribution in [0, 0.1) is 20.8 Å². The molecule has 1 heterocycles. The minimum Gasteiger partial charge on any atom is -0.494 e. The number of anilines is 2. The van der Waals surface area contributed by atoms with Crippen molar-refractivity contribution in [3.05, 3.63) is 88.1 Å². The zero-order valence-electron chi connectivity index (χ0n) is 20.9. The Morgan fingerprint density at radius 2 is 1.54 bits per heavy atom. The first-order valence-corrected chi connectivity index (χ1v) is 12.1. The van der Waals surface area contributed by atoms with Crippen LogP contribution in [0.5, 0.6) is 5.75 Å². The predicted octanol–water partition coefficient (Wildman–Crippen LogP) is 5.58. The Morgan fingerprint density at radius 3 is 2.19 bits per heavy atom. The topological polar surface area (TPSA) is 101 Å². The first kappa shape index (κ1) is 25.8. The van der Waals surface area contributed by atoms with Crippen LogP contribution >= 0.6 is 11.6 Å². The molecule has 0 fully saturated rings. The molecule has 9 heteroatoms. The number of nitrogens with zero attached hydrogens (tertiary/aromatic N) is 1. The lowest BCUT2D eigenvalue weighted by Crippen LogP contribution is -2.36. The summed E-state index contributed by atoms with van der Waals surface area (Å²) in [5.41, 5.74) is 7.03. The summed E-state index contributed by atoms with van der Waals surface area (Å²) in [6.45, 7) is 8.10. The SMILES string of the molecule is CCOc1ccc(NC(=O)c2cc3cc(Cl)ccc3n2NC(=O)C(=O)Nc2c(C)cc(C)cc2C)cc1. The van der Waals surface area contributed by atoms with Crippen LogP contribution in [-0.2, 0) is 9.59 Å². The molecular weight excluding hydrogens is 492 g/mol. The van der Waals surface area contributed by atoms with Crippen LogP contribution in [0.4, 0.5) is 11.4 Å². The molecule has 0 radical (unpaired) electrons. The molecular formula is C28H27ClN4O4. The van der Waals surface area contributed by atoms with Gasteiger partial charge in [-0.3, -0.25) is 19.8 Å². The number of carbonyl (C=O) groups is 3. The zero-order valence-corrected chi connectivity index (χ0v) is 21.7. The average Bonchev–Trinajstić information content (AvgIpc) is 3.19. The van der Waals surface area contributed by atoms with E-state index in [-0.39, 0.29) is 5.69 Å². The highest BCUT2D eigenvalue weighted by Gasteiger charge is 2.22. The van der Waals surface area contributed by atoms with Gasteiger partial charge < -0.3 is 15.4 Å². The summed E-state index contributed by atoms with van der Waals surface area (Å²) < 4.78 is 6.72. The molecule has 0 saturated heterocycles. The standard InChI is InChI=1S/C28H27ClN4O4/c1-5-37-22-9-7-21(8-10-22)30-26(34)24-15-19-14-20(29)6-11-23(19)33(24)32-28(36)27(35)31-25-17(3)12-16(2)13-18(25)4/h6-15H,5H2,1-4H3,(H,30,34)(H,31,35)(H,32,36). The number of aryl methyl sites for hydroxylation is 3. The number of rotatable bonds is 6. The van der Waals surface area contributed by atoms with Gasteiger partial charge in [0.25, 0.3) is 5.91 Å². The third kappa shape index (κ3) is 5.76. The molecule has 0 aliphatic carbocycles. The van der Waals surface area contributed by atoms with Crippen molar-refractivity contribution in [3.8, 4) is 5.75 Å². The molecule has 0 saturated carbocycles. The van der Waals surface area contributed by atoms with Crippen LogP contribution in [0.1, 0.15) is 34.1 Å². The van der Waals surface area contributed by atoms with Gasteiger partial charge in [-0.1, -0.05) is 29.3 Å². The van der Waals surface area contributed by atoms with Crippen LogP contribution in [-0.4, -0.2) is 29.0 Å². The number of fused-ring (bicyclic) bond motifs is 1. The van der Waals surface area contributed by atoms with Crippen molar-refractivity contribution in [3.63, 3.8) is 0 Å². The van der Waals surface area contributed by atoms with E-state index in [2.05, 4.69) is 16.1 Å². The maximum absolute atomic E-state index is 13.2. The van der Waals surface area contributed by atoms with Gasteiger partial charge in [-0.25, -0.2) is 4.68 Å². The third-order valence-corrected chi connectivity index (χ3v) is 5.99. The van der Waals surface area contributed by atoms with E-state index in [4.69, 9.17) is 16.3 Å². The highest BCUT2D eigenvalue weighted by atomic mass is 35.5. The summed E-state index contributed by atoms with van der Waals surface area (Å²) in [6.07, 6.45) is 0. The number of benzene rings is 3. The van der Waals surface area contributed by atoms with Crippen molar-refractivity contribution < 1.29 is 19.1 Å². The molecule has 0 spiro atoms. The Labute approximate surface area is 219 Å². The van der Waals surface area contributed by atoms with Gasteiger partial charge in [-0.2, -0.15) is 0 Å². The average molecular weight is 519 g/mol. The van der Waals surface area contributed by atoms with Gasteiger partial charge in [0, 0.05) is 21.8 Å². The minimum absolute atomic E-state index is 0.120. The van der Waals surface area contributed by atoms with Crippen molar-refractivity contribution in [1.82, 2.24) is 4.68 Å². The Bertz CT molecular complexity index is 1490. The first-order chi connectivity index (χ1) is 17.7. The molecule has 4 rings (SSSR count). The summed E-state index contributed by atoms with van der Waals surface area (Å²) in [5.74, 6) is -1.59. The Kier molecular flexibility index (Phi) is 7.50. The maximum Gasteiger partial charge on any atom is 0.328 e. The molecule has 0 aliphatic rings. The van der Waals surface area contributed by atoms with E-state index >= 15 is 0 Å². The van der Waals surface area contributed by atoms with Crippen LogP contribution in [0.2, 0.25) is 5.02 Å². The molecule has 3 amide bonds. The van der Waals surface area contributed by atoms with Crippen LogP contribution in [0.25, 0.3) is 10.9 Å². The summed E-state index contributed by atoms with van der Waals surface area (Å²) in [4.78, 5) is 39.0. The number of ether oxygens (including phenoxy) is 1. The second kappa shape index (κ2) is 10.8. The highest BCUT2D eigenvalue weighted by molar-refractivity contribution is 6.42. The first-order valence-electron chi connectivity index (χ1n) is 11.7. The second-order valence-corrected chi connectivity index (χ2v) is 9.08. The fourth-order valence-electron chi connectivity index (χ4n) is 4.17. The molecule has 37 heavy (non-hydrogen) atoms. The number of aromatic nitrogens is 1. The van der Waals surface area contributed by atoms with E-state index in [1.807, 2.05) is 39.8 Å². The summed E-state index contributed by atoms with van der Waals surface area (Å²) >= 11 is 6.14. The number of nitrogens with one attached hydrogen (secondary N) is 3. The minimum atomic E-state index is -0.929. The van der Waals surface area contributed by atoms with Gasteiger partial charge in [0.05, 0.1) is 12.1 Å². The maximum atomic E-state index is 13.2. The molecule has 3 N–H and O–H groups in total. The number of hydrogen-bond acceptors (Lipinski definition) is 4. The summed E-state index contributed by atoms with van der Waals surface area (Å²) in [7, 11) is 0. The van der Waals surface area contributed by atoms with Crippen molar-refractivity contribution in [1.29, 1.82) is 0 Å². The third-order valence-electron chi connectivity index (χ3n) is 5.75. The number of halogens is 1. The predicted molar refractivity (Wildman–Crippen MR) is 146 cm³/mol. The summed E-state index contributed by atoms with van der Waals surface area (Å²) in [5, 5.41) is 6.58. The van der Waals surface area contributed by atoms with Gasteiger partial charge >= 0.3 is 11.8 Å². The van der Waals surface area contributed by atoms with Crippen LogP contribution < -0.4 is 20.8 Å². The fourth-order valence-corrected chi connectivity index (χ4v) is 4.35. The lowest BCUT2D eigenvalue weighted by Gasteiger charge is -2.15. The molecule has 0 unspecified atom stereocenters. The van der Waals surface area contributed by atoms with Gasteiger partial charge in [-0.15, -0.1) is 0 Å². The van der Waals surface area contributed by atoms with Gasteiger partial charge in [-0.05, 0) is 87.4 Å². The second-order valence-electron chi connectivity index (χ2n) is 8.65. The molecule has 0 aliphatic heterocycles. The molecule has 0 bridgehead atoms. The molecule has 1 aromatic heterocycles. The van der Waals surface area contributed by atoms with E-state index in [0.29, 0.717) is 39.7 Å². The van der Waals surface area contributed by atoms with Crippen LogP contribution in [0.3, 0.4) is 0 Å². The number of hydrogen-bond donors (Lipinski definition) is 3.